The van der Waals surface area contributed by atoms with E-state index in [1.165, 1.54) is 18.3 Å². The Kier molecular flexibility index (Phi) is 3.01. The van der Waals surface area contributed by atoms with Gasteiger partial charge in [-0.1, -0.05) is 4.85 Å². The second kappa shape index (κ2) is 4.30. The zero-order valence-corrected chi connectivity index (χ0v) is 8.30. The van der Waals surface area contributed by atoms with Gasteiger partial charge in [0.15, 0.2) is 6.10 Å². The van der Waals surface area contributed by atoms with Gasteiger partial charge in [0.1, 0.15) is 18.3 Å². The normalized spacial score (nSPS) is 34.2. The third-order valence-electron chi connectivity index (χ3n) is 2.58. The van der Waals surface area contributed by atoms with Crippen LogP contribution in [0.2, 0.25) is 0 Å². The fourth-order valence-corrected chi connectivity index (χ4v) is 1.72. The predicted octanol–water partition coefficient (Wildman–Crippen LogP) is -2.13. The molecule has 1 saturated heterocycles. The largest absolute Gasteiger partial charge is 0.594 e. The molecule has 0 bridgehead atoms. The Morgan fingerprint density at radius 2 is 2.19 bits per heavy atom. The highest BCUT2D eigenvalue weighted by Crippen LogP contribution is 2.31. The van der Waals surface area contributed by atoms with Crippen molar-refractivity contribution < 1.29 is 24.9 Å². The van der Waals surface area contributed by atoms with E-state index in [4.69, 9.17) is 9.84 Å². The van der Waals surface area contributed by atoms with Gasteiger partial charge in [-0.05, 0) is 6.07 Å². The molecule has 0 amide bonds. The molecule has 1 aliphatic heterocycles. The molecule has 88 valence electrons. The van der Waals surface area contributed by atoms with Gasteiger partial charge in [0.2, 0.25) is 0 Å². The number of rotatable bonds is 2. The van der Waals surface area contributed by atoms with E-state index in [0.29, 0.717) is 4.85 Å². The molecule has 0 spiro atoms. The van der Waals surface area contributed by atoms with E-state index in [2.05, 4.69) is 5.10 Å². The first-order chi connectivity index (χ1) is 7.65. The van der Waals surface area contributed by atoms with E-state index < -0.39 is 31.0 Å². The number of nitrogens with zero attached hydrogens (tertiary/aromatic N) is 2. The smallest absolute Gasteiger partial charge is 0.253 e. The molecule has 7 nitrogen and oxygen atoms in total. The highest BCUT2D eigenvalue weighted by Gasteiger charge is 2.46. The van der Waals surface area contributed by atoms with Crippen LogP contribution in [0.3, 0.4) is 0 Å². The van der Waals surface area contributed by atoms with Crippen LogP contribution in [0, 0.1) is 5.21 Å². The molecule has 1 aliphatic rings. The van der Waals surface area contributed by atoms with Crippen molar-refractivity contribution in [1.82, 2.24) is 5.10 Å². The van der Waals surface area contributed by atoms with Crippen LogP contribution in [0.4, 0.5) is 0 Å². The molecule has 1 aromatic rings. The Labute approximate surface area is 91.1 Å². The Hall–Kier alpha value is -1.28. The molecule has 1 aromatic heterocycles. The second-order valence-corrected chi connectivity index (χ2v) is 3.58. The SMILES string of the molecule is [O-][n+]1ncccc1[C@@H]1O[C@H](CO)[C@@H](O)[C@H]1O. The zero-order chi connectivity index (χ0) is 11.7. The minimum absolute atomic E-state index is 0.102. The van der Waals surface area contributed by atoms with E-state index in [9.17, 15) is 15.4 Å². The standard InChI is InChI=1S/C9H12N2O5/c12-4-6-7(13)8(14)9(16-6)5-2-1-3-10-11(5)15/h1-3,6-9,12-14H,4H2/t6-,7-,8-,9+/m1/s1. The van der Waals surface area contributed by atoms with Gasteiger partial charge in [0.25, 0.3) is 5.69 Å². The summed E-state index contributed by atoms with van der Waals surface area (Å²) in [6.45, 7) is -0.423. The quantitative estimate of drug-likeness (QED) is 0.394. The van der Waals surface area contributed by atoms with Crippen molar-refractivity contribution in [2.75, 3.05) is 6.61 Å². The maximum absolute atomic E-state index is 11.3. The van der Waals surface area contributed by atoms with Crippen molar-refractivity contribution in [3.63, 3.8) is 0 Å². The van der Waals surface area contributed by atoms with Crippen molar-refractivity contribution in [3.05, 3.63) is 29.2 Å². The first kappa shape index (κ1) is 11.2. The van der Waals surface area contributed by atoms with E-state index in [1.54, 1.807) is 0 Å². The summed E-state index contributed by atoms with van der Waals surface area (Å²) in [7, 11) is 0. The molecular weight excluding hydrogens is 216 g/mol. The fourth-order valence-electron chi connectivity index (χ4n) is 1.72. The van der Waals surface area contributed by atoms with Gasteiger partial charge in [-0.2, -0.15) is 0 Å². The average Bonchev–Trinajstić information content (AvgIpc) is 2.57. The predicted molar refractivity (Wildman–Crippen MR) is 49.9 cm³/mol. The third-order valence-corrected chi connectivity index (χ3v) is 2.58. The molecule has 0 unspecified atom stereocenters. The molecule has 1 fully saturated rings. The lowest BCUT2D eigenvalue weighted by Crippen LogP contribution is -2.40. The minimum Gasteiger partial charge on any atom is -0.594 e. The molecular formula is C9H12N2O5. The van der Waals surface area contributed by atoms with E-state index >= 15 is 0 Å². The van der Waals surface area contributed by atoms with Crippen LogP contribution in [0.15, 0.2) is 18.3 Å². The highest BCUT2D eigenvalue weighted by atomic mass is 16.6. The third kappa shape index (κ3) is 1.74. The molecule has 4 atom stereocenters. The van der Waals surface area contributed by atoms with Crippen LogP contribution in [0.25, 0.3) is 0 Å². The molecule has 2 rings (SSSR count). The minimum atomic E-state index is -1.25. The van der Waals surface area contributed by atoms with Gasteiger partial charge in [0.05, 0.1) is 12.8 Å². The maximum Gasteiger partial charge on any atom is 0.253 e. The first-order valence-electron chi connectivity index (χ1n) is 4.82. The summed E-state index contributed by atoms with van der Waals surface area (Å²) < 4.78 is 5.19. The van der Waals surface area contributed by atoms with Gasteiger partial charge >= 0.3 is 0 Å². The van der Waals surface area contributed by atoms with Gasteiger partial charge in [0, 0.05) is 11.2 Å². The van der Waals surface area contributed by atoms with Crippen molar-refractivity contribution in [3.8, 4) is 0 Å². The number of hydrogen-bond acceptors (Lipinski definition) is 6. The Morgan fingerprint density at radius 1 is 1.44 bits per heavy atom. The van der Waals surface area contributed by atoms with Crippen LogP contribution in [-0.2, 0) is 4.74 Å². The van der Waals surface area contributed by atoms with Crippen molar-refractivity contribution in [2.45, 2.75) is 24.4 Å². The molecule has 7 heteroatoms. The number of aromatic nitrogens is 2. The summed E-state index contributed by atoms with van der Waals surface area (Å²) >= 11 is 0. The monoisotopic (exact) mass is 228 g/mol. The molecule has 0 radical (unpaired) electrons. The number of aliphatic hydroxyl groups is 3. The summed E-state index contributed by atoms with van der Waals surface area (Å²) in [6.07, 6.45) is -3.02. The summed E-state index contributed by atoms with van der Waals surface area (Å²) in [5.74, 6) is 0. The van der Waals surface area contributed by atoms with E-state index in [1.807, 2.05) is 0 Å². The lowest BCUT2D eigenvalue weighted by Gasteiger charge is -2.12. The summed E-state index contributed by atoms with van der Waals surface area (Å²) in [5.41, 5.74) is 0.102. The average molecular weight is 228 g/mol. The van der Waals surface area contributed by atoms with Gasteiger partial charge in [-0.25, -0.2) is 0 Å². The van der Waals surface area contributed by atoms with E-state index in [-0.39, 0.29) is 5.69 Å². The topological polar surface area (TPSA) is 110 Å². The number of aliphatic hydroxyl groups excluding tert-OH is 3. The summed E-state index contributed by atoms with van der Waals surface area (Å²) in [5, 5.41) is 42.9. The Balaban J connectivity index is 2.26. The van der Waals surface area contributed by atoms with Gasteiger partial charge in [-0.3, -0.25) is 0 Å². The zero-order valence-electron chi connectivity index (χ0n) is 8.30. The molecule has 0 aliphatic carbocycles. The van der Waals surface area contributed by atoms with E-state index in [0.717, 1.165) is 0 Å². The molecule has 16 heavy (non-hydrogen) atoms. The van der Waals surface area contributed by atoms with Crippen LogP contribution >= 0.6 is 0 Å². The van der Waals surface area contributed by atoms with Gasteiger partial charge in [-0.15, -0.1) is 0 Å². The number of ether oxygens (including phenoxy) is 1. The molecule has 0 saturated carbocycles. The summed E-state index contributed by atoms with van der Waals surface area (Å²) in [4.78, 5) is 0.320. The molecule has 3 N–H and O–H groups in total. The summed E-state index contributed by atoms with van der Waals surface area (Å²) in [6, 6.07) is 2.97. The van der Waals surface area contributed by atoms with Crippen LogP contribution in [0.1, 0.15) is 11.8 Å². The molecule has 0 aromatic carbocycles. The number of hydrogen-bond donors (Lipinski definition) is 3. The van der Waals surface area contributed by atoms with Crippen molar-refractivity contribution in [2.24, 2.45) is 0 Å². The van der Waals surface area contributed by atoms with Crippen molar-refractivity contribution >= 4 is 0 Å². The van der Waals surface area contributed by atoms with Gasteiger partial charge < -0.3 is 25.3 Å². The second-order valence-electron chi connectivity index (χ2n) is 3.58. The first-order valence-corrected chi connectivity index (χ1v) is 4.82. The van der Waals surface area contributed by atoms with Crippen LogP contribution < -0.4 is 4.85 Å². The maximum atomic E-state index is 11.3. The van der Waals surface area contributed by atoms with Crippen LogP contribution in [0.5, 0.6) is 0 Å². The van der Waals surface area contributed by atoms with Crippen LogP contribution in [-0.4, -0.2) is 45.3 Å². The lowest BCUT2D eigenvalue weighted by atomic mass is 10.1. The fraction of sp³-hybridized carbons (Fsp3) is 0.556. The molecule has 2 heterocycles. The Bertz CT molecular complexity index is 375. The highest BCUT2D eigenvalue weighted by molar-refractivity contribution is 5.06. The lowest BCUT2D eigenvalue weighted by molar-refractivity contribution is -0.681. The van der Waals surface area contributed by atoms with Crippen molar-refractivity contribution in [1.29, 1.82) is 0 Å². The Morgan fingerprint density at radius 3 is 2.75 bits per heavy atom.